The van der Waals surface area contributed by atoms with Gasteiger partial charge in [-0.15, -0.1) is 0 Å². The van der Waals surface area contributed by atoms with Crippen LogP contribution in [0, 0.1) is 0 Å². The Morgan fingerprint density at radius 3 is 2.41 bits per heavy atom. The minimum Gasteiger partial charge on any atom is -0.467 e. The van der Waals surface area contributed by atoms with Gasteiger partial charge < -0.3 is 10.5 Å². The van der Waals surface area contributed by atoms with E-state index in [1.807, 2.05) is 0 Å². The third kappa shape index (κ3) is 3.71. The van der Waals surface area contributed by atoms with Crippen molar-refractivity contribution in [2.45, 2.75) is 11.1 Å². The van der Waals surface area contributed by atoms with E-state index in [0.29, 0.717) is 0 Å². The number of anilines is 1. The van der Waals surface area contributed by atoms with E-state index in [9.17, 15) is 21.6 Å². The number of ether oxygens (including phenoxy) is 1. The summed E-state index contributed by atoms with van der Waals surface area (Å²) >= 11 is 0. The highest BCUT2D eigenvalue weighted by molar-refractivity contribution is 7.89. The van der Waals surface area contributed by atoms with E-state index in [1.165, 1.54) is 0 Å². The quantitative estimate of drug-likeness (QED) is 0.775. The van der Waals surface area contributed by atoms with Gasteiger partial charge in [-0.2, -0.15) is 13.2 Å². The molecular formula is C6H7F3N4O3S. The standard InChI is InChI=1S/C6H7F3N4O3S/c7-6(8,9)1-16-5-3(17(11,14)15)4(10)12-2-13-5/h2H,1H2,(H2,10,12,13)(H2,11,14,15). The summed E-state index contributed by atoms with van der Waals surface area (Å²) in [4.78, 5) is 5.66. The van der Waals surface area contributed by atoms with Gasteiger partial charge in [0.1, 0.15) is 6.33 Å². The number of nitrogens with two attached hydrogens (primary N) is 2. The summed E-state index contributed by atoms with van der Waals surface area (Å²) in [5, 5.41) is 4.75. The van der Waals surface area contributed by atoms with Gasteiger partial charge in [0.2, 0.25) is 15.9 Å². The molecule has 0 aliphatic heterocycles. The van der Waals surface area contributed by atoms with Crippen molar-refractivity contribution in [2.24, 2.45) is 5.14 Å². The van der Waals surface area contributed by atoms with Crippen LogP contribution in [0.3, 0.4) is 0 Å². The average molecular weight is 272 g/mol. The van der Waals surface area contributed by atoms with Crippen molar-refractivity contribution in [3.05, 3.63) is 6.33 Å². The van der Waals surface area contributed by atoms with Crippen LogP contribution < -0.4 is 15.6 Å². The molecule has 0 fully saturated rings. The number of rotatable bonds is 3. The number of alkyl halides is 3. The molecule has 7 nitrogen and oxygen atoms in total. The summed E-state index contributed by atoms with van der Waals surface area (Å²) in [6, 6.07) is 0. The number of nitrogen functional groups attached to an aromatic ring is 1. The first kappa shape index (κ1) is 13.4. The predicted octanol–water partition coefficient (Wildman–Crippen LogP) is -0.353. The highest BCUT2D eigenvalue weighted by atomic mass is 32.2. The molecule has 0 aliphatic rings. The lowest BCUT2D eigenvalue weighted by Gasteiger charge is -2.11. The van der Waals surface area contributed by atoms with Crippen LogP contribution in [0.15, 0.2) is 11.2 Å². The monoisotopic (exact) mass is 272 g/mol. The Bertz CT molecular complexity index is 516. The fraction of sp³-hybridized carbons (Fsp3) is 0.333. The van der Waals surface area contributed by atoms with Crippen LogP contribution in [0.4, 0.5) is 19.0 Å². The van der Waals surface area contributed by atoms with E-state index in [0.717, 1.165) is 6.33 Å². The molecule has 0 bridgehead atoms. The van der Waals surface area contributed by atoms with Crippen LogP contribution in [0.5, 0.6) is 5.88 Å². The summed E-state index contributed by atoms with van der Waals surface area (Å²) in [5.74, 6) is -1.42. The van der Waals surface area contributed by atoms with Crippen LogP contribution in [0.1, 0.15) is 0 Å². The smallest absolute Gasteiger partial charge is 0.422 e. The minimum atomic E-state index is -4.64. The van der Waals surface area contributed by atoms with E-state index in [4.69, 9.17) is 10.9 Å². The molecule has 1 rings (SSSR count). The molecule has 0 aromatic carbocycles. The van der Waals surface area contributed by atoms with E-state index < -0.39 is 39.4 Å². The van der Waals surface area contributed by atoms with Crippen LogP contribution in [0.2, 0.25) is 0 Å². The Kier molecular flexibility index (Phi) is 3.43. The third-order valence-corrected chi connectivity index (χ3v) is 2.41. The maximum Gasteiger partial charge on any atom is 0.422 e. The molecule has 0 aliphatic carbocycles. The normalized spacial score (nSPS) is 12.5. The highest BCUT2D eigenvalue weighted by Gasteiger charge is 2.31. The van der Waals surface area contributed by atoms with Crippen molar-refractivity contribution >= 4 is 15.8 Å². The number of halogens is 3. The second-order valence-electron chi connectivity index (χ2n) is 2.84. The predicted molar refractivity (Wildman–Crippen MR) is 49.4 cm³/mol. The van der Waals surface area contributed by atoms with Crippen LogP contribution in [-0.4, -0.2) is 31.2 Å². The van der Waals surface area contributed by atoms with E-state index in [-0.39, 0.29) is 0 Å². The molecule has 96 valence electrons. The fourth-order valence-corrected chi connectivity index (χ4v) is 1.59. The zero-order valence-electron chi connectivity index (χ0n) is 8.10. The van der Waals surface area contributed by atoms with Gasteiger partial charge in [0.15, 0.2) is 17.3 Å². The lowest BCUT2D eigenvalue weighted by Crippen LogP contribution is -2.23. The summed E-state index contributed by atoms with van der Waals surface area (Å²) in [6.45, 7) is -1.72. The molecule has 1 aromatic heterocycles. The summed E-state index contributed by atoms with van der Waals surface area (Å²) in [6.07, 6.45) is -3.88. The molecule has 0 saturated carbocycles. The van der Waals surface area contributed by atoms with Gasteiger partial charge in [-0.25, -0.2) is 23.5 Å². The van der Waals surface area contributed by atoms with Crippen molar-refractivity contribution in [1.82, 2.24) is 9.97 Å². The van der Waals surface area contributed by atoms with Crippen molar-refractivity contribution in [2.75, 3.05) is 12.3 Å². The number of hydrogen-bond acceptors (Lipinski definition) is 6. The van der Waals surface area contributed by atoms with Gasteiger partial charge in [0, 0.05) is 0 Å². The van der Waals surface area contributed by atoms with Crippen LogP contribution >= 0.6 is 0 Å². The first-order chi connectivity index (χ1) is 7.61. The highest BCUT2D eigenvalue weighted by Crippen LogP contribution is 2.25. The lowest BCUT2D eigenvalue weighted by molar-refractivity contribution is -0.154. The molecule has 17 heavy (non-hydrogen) atoms. The van der Waals surface area contributed by atoms with Crippen molar-refractivity contribution in [3.63, 3.8) is 0 Å². The van der Waals surface area contributed by atoms with Gasteiger partial charge in [-0.05, 0) is 0 Å². The van der Waals surface area contributed by atoms with Gasteiger partial charge in [-0.3, -0.25) is 0 Å². The third-order valence-electron chi connectivity index (χ3n) is 1.46. The van der Waals surface area contributed by atoms with Crippen molar-refractivity contribution in [3.8, 4) is 5.88 Å². The molecule has 11 heteroatoms. The molecule has 1 heterocycles. The largest absolute Gasteiger partial charge is 0.467 e. The number of aromatic nitrogens is 2. The Labute approximate surface area is 93.7 Å². The van der Waals surface area contributed by atoms with Crippen LogP contribution in [-0.2, 0) is 10.0 Å². The Morgan fingerprint density at radius 2 is 1.94 bits per heavy atom. The van der Waals surface area contributed by atoms with Crippen molar-refractivity contribution < 1.29 is 26.3 Å². The van der Waals surface area contributed by atoms with E-state index in [2.05, 4.69) is 14.7 Å². The minimum absolute atomic E-state index is 0.584. The molecule has 4 N–H and O–H groups in total. The Morgan fingerprint density at radius 1 is 1.35 bits per heavy atom. The zero-order chi connectivity index (χ0) is 13.3. The summed E-state index contributed by atoms with van der Waals surface area (Å²) in [5.41, 5.74) is 5.18. The molecule has 1 aromatic rings. The lowest BCUT2D eigenvalue weighted by atomic mass is 10.5. The first-order valence-corrected chi connectivity index (χ1v) is 5.49. The first-order valence-electron chi connectivity index (χ1n) is 3.94. The maximum atomic E-state index is 11.9. The van der Waals surface area contributed by atoms with Gasteiger partial charge in [-0.1, -0.05) is 0 Å². The molecule has 0 spiro atoms. The SMILES string of the molecule is Nc1ncnc(OCC(F)(F)F)c1S(N)(=O)=O. The summed E-state index contributed by atoms with van der Waals surface area (Å²) in [7, 11) is -4.37. The van der Waals surface area contributed by atoms with Gasteiger partial charge in [0.25, 0.3) is 0 Å². The van der Waals surface area contributed by atoms with Gasteiger partial charge in [0.05, 0.1) is 0 Å². The second-order valence-corrected chi connectivity index (χ2v) is 4.34. The molecule has 0 atom stereocenters. The molecule has 0 radical (unpaired) electrons. The summed E-state index contributed by atoms with van der Waals surface area (Å²) < 4.78 is 62.0. The second kappa shape index (κ2) is 4.33. The zero-order valence-corrected chi connectivity index (χ0v) is 8.92. The average Bonchev–Trinajstić information content (AvgIpc) is 2.11. The maximum absolute atomic E-state index is 11.9. The van der Waals surface area contributed by atoms with Crippen molar-refractivity contribution in [1.29, 1.82) is 0 Å². The number of hydrogen-bond donors (Lipinski definition) is 2. The molecule has 0 unspecified atom stereocenters. The Hall–Kier alpha value is -1.62. The van der Waals surface area contributed by atoms with E-state index in [1.54, 1.807) is 0 Å². The molecular weight excluding hydrogens is 265 g/mol. The van der Waals surface area contributed by atoms with Gasteiger partial charge >= 0.3 is 6.18 Å². The van der Waals surface area contributed by atoms with Crippen LogP contribution in [0.25, 0.3) is 0 Å². The molecule has 0 amide bonds. The Balaban J connectivity index is 3.13. The number of nitrogens with zero attached hydrogens (tertiary/aromatic N) is 2. The fourth-order valence-electron chi connectivity index (χ4n) is 0.891. The topological polar surface area (TPSA) is 121 Å². The number of primary sulfonamides is 1. The molecule has 0 saturated heterocycles. The van der Waals surface area contributed by atoms with E-state index >= 15 is 0 Å². The number of sulfonamides is 1.